The van der Waals surface area contributed by atoms with Gasteiger partial charge < -0.3 is 7.43 Å². The van der Waals surface area contributed by atoms with E-state index in [-0.39, 0.29) is 26.3 Å². The zero-order valence-electron chi connectivity index (χ0n) is 5.20. The van der Waals surface area contributed by atoms with Crippen LogP contribution >= 0.6 is 0 Å². The average Bonchev–Trinajstić information content (AvgIpc) is 1.72. The first-order valence-corrected chi connectivity index (χ1v) is 1.70. The van der Waals surface area contributed by atoms with Crippen molar-refractivity contribution in [3.63, 3.8) is 0 Å². The summed E-state index contributed by atoms with van der Waals surface area (Å²) in [4.78, 5) is 7.44. The van der Waals surface area contributed by atoms with Crippen LogP contribution in [0.5, 0.6) is 0 Å². The molecule has 0 amide bonds. The van der Waals surface area contributed by atoms with E-state index in [1.54, 1.807) is 24.8 Å². The fraction of sp³-hybridized carbons (Fsp3) is 0. The Morgan fingerprint density at radius 1 is 0.750 bits per heavy atom. The Morgan fingerprint density at radius 3 is 1.12 bits per heavy atom. The Kier molecular flexibility index (Phi) is 8.86. The summed E-state index contributed by atoms with van der Waals surface area (Å²) in [5.41, 5.74) is 0. The minimum atomic E-state index is 0. The van der Waals surface area contributed by atoms with Gasteiger partial charge in [-0.15, -0.1) is 0 Å². The third-order valence-corrected chi connectivity index (χ3v) is 0.478. The molecule has 0 bridgehead atoms. The van der Waals surface area contributed by atoms with Crippen LogP contribution in [0.2, 0.25) is 0 Å². The Balaban J connectivity index is 0. The maximum Gasteiger partial charge on any atom is 1.00 e. The van der Waals surface area contributed by atoms with Crippen LogP contribution in [0.1, 0.15) is 0 Å². The molecule has 0 aromatic carbocycles. The smallest absolute Gasteiger partial charge is 0.358 e. The number of hydrogen-bond acceptors (Lipinski definition) is 2. The van der Waals surface area contributed by atoms with E-state index in [1.165, 1.54) is 0 Å². The van der Waals surface area contributed by atoms with Crippen molar-refractivity contribution < 1.29 is 18.9 Å². The largest absolute Gasteiger partial charge is 1.00 e. The molecule has 0 unspecified atom stereocenters. The molecule has 0 saturated carbocycles. The van der Waals surface area contributed by atoms with Gasteiger partial charge in [0.15, 0.2) is 0 Å². The second kappa shape index (κ2) is 6.68. The summed E-state index contributed by atoms with van der Waals surface area (Å²) in [7, 11) is 0. The second-order valence-electron chi connectivity index (χ2n) is 0.894. The topological polar surface area (TPSA) is 25.8 Å². The van der Waals surface area contributed by atoms with E-state index in [1.807, 2.05) is 0 Å². The van der Waals surface area contributed by atoms with Crippen molar-refractivity contribution in [3.8, 4) is 0 Å². The fourth-order valence-electron chi connectivity index (χ4n) is 0.253. The summed E-state index contributed by atoms with van der Waals surface area (Å²) in [6.45, 7) is 0. The maximum absolute atomic E-state index is 3.72. The molecule has 0 saturated heterocycles. The molecule has 0 aliphatic carbocycles. The van der Waals surface area contributed by atoms with Gasteiger partial charge in [-0.05, 0) is 0 Å². The summed E-state index contributed by atoms with van der Waals surface area (Å²) in [6.07, 6.45) is 6.56. The Labute approximate surface area is 61.5 Å². The summed E-state index contributed by atoms with van der Waals surface area (Å²) in [5.74, 6) is 0. The average molecular weight is 102 g/mol. The number of nitrogens with zero attached hydrogens (tertiary/aromatic N) is 2. The third-order valence-electron chi connectivity index (χ3n) is 0.478. The number of rotatable bonds is 0. The van der Waals surface area contributed by atoms with E-state index in [2.05, 4.69) is 9.97 Å². The molecule has 38 valence electrons. The van der Waals surface area contributed by atoms with Gasteiger partial charge >= 0.3 is 18.9 Å². The van der Waals surface area contributed by atoms with Gasteiger partial charge in [0, 0.05) is 24.8 Å². The van der Waals surface area contributed by atoms with E-state index >= 15 is 0 Å². The molecule has 2 nitrogen and oxygen atoms in total. The van der Waals surface area contributed by atoms with E-state index in [9.17, 15) is 0 Å². The van der Waals surface area contributed by atoms with Gasteiger partial charge in [-0.1, -0.05) is 0 Å². The first-order valence-electron chi connectivity index (χ1n) is 1.70. The van der Waals surface area contributed by atoms with Crippen molar-refractivity contribution in [2.45, 2.75) is 0 Å². The van der Waals surface area contributed by atoms with Gasteiger partial charge in [0.05, 0.1) is 0 Å². The van der Waals surface area contributed by atoms with Gasteiger partial charge in [-0.3, -0.25) is 9.97 Å². The molecule has 1 rings (SSSR count). The molecule has 3 heteroatoms. The van der Waals surface area contributed by atoms with Crippen molar-refractivity contribution in [2.75, 3.05) is 0 Å². The summed E-state index contributed by atoms with van der Waals surface area (Å²) in [6, 6.07) is 0. The van der Waals surface area contributed by atoms with Gasteiger partial charge in [0.1, 0.15) is 0 Å². The van der Waals surface area contributed by atoms with Crippen molar-refractivity contribution in [1.82, 2.24) is 9.97 Å². The van der Waals surface area contributed by atoms with Crippen molar-refractivity contribution >= 4 is 0 Å². The first kappa shape index (κ1) is 10.6. The standard InChI is InChI=1S/C4H4N2.CH3.Li/c1-2-6-4-3-5-1;;/h1-4H;1H3;/q;-1;+1. The van der Waals surface area contributed by atoms with Crippen LogP contribution in [-0.4, -0.2) is 9.97 Å². The molecular weight excluding hydrogens is 95.0 g/mol. The van der Waals surface area contributed by atoms with Crippen molar-refractivity contribution in [3.05, 3.63) is 32.2 Å². The van der Waals surface area contributed by atoms with E-state index in [4.69, 9.17) is 0 Å². The molecule has 0 radical (unpaired) electrons. The Hall–Kier alpha value is -0.323. The molecule has 1 aromatic heterocycles. The molecular formula is C5H7LiN2. The maximum atomic E-state index is 3.72. The second-order valence-corrected chi connectivity index (χ2v) is 0.894. The molecule has 1 heterocycles. The summed E-state index contributed by atoms with van der Waals surface area (Å²) in [5, 5.41) is 0. The molecule has 0 aliphatic rings. The monoisotopic (exact) mass is 102 g/mol. The minimum absolute atomic E-state index is 0. The zero-order chi connectivity index (χ0) is 4.24. The quantitative estimate of drug-likeness (QED) is 0.278. The number of hydrogen-bond donors (Lipinski definition) is 0. The van der Waals surface area contributed by atoms with Crippen LogP contribution in [0.4, 0.5) is 0 Å². The minimum Gasteiger partial charge on any atom is -0.358 e. The van der Waals surface area contributed by atoms with E-state index in [0.717, 1.165) is 0 Å². The predicted octanol–water partition coefficient (Wildman–Crippen LogP) is -2.07. The van der Waals surface area contributed by atoms with Crippen molar-refractivity contribution in [1.29, 1.82) is 0 Å². The summed E-state index contributed by atoms with van der Waals surface area (Å²) < 4.78 is 0. The van der Waals surface area contributed by atoms with Crippen LogP contribution in [0.15, 0.2) is 24.8 Å². The Morgan fingerprint density at radius 2 is 1.00 bits per heavy atom. The van der Waals surface area contributed by atoms with Gasteiger partial charge in [0.25, 0.3) is 0 Å². The molecule has 0 fully saturated rings. The molecule has 8 heavy (non-hydrogen) atoms. The first-order chi connectivity index (χ1) is 3.00. The SMILES string of the molecule is [CH3-].[Li+].c1cnccn1. The molecule has 0 atom stereocenters. The van der Waals surface area contributed by atoms with Crippen LogP contribution in [-0.2, 0) is 0 Å². The zero-order valence-corrected chi connectivity index (χ0v) is 5.20. The van der Waals surface area contributed by atoms with Gasteiger partial charge in [-0.2, -0.15) is 0 Å². The third kappa shape index (κ3) is 3.85. The van der Waals surface area contributed by atoms with Crippen LogP contribution in [0.25, 0.3) is 0 Å². The molecule has 0 aliphatic heterocycles. The molecule has 1 aromatic rings. The van der Waals surface area contributed by atoms with E-state index in [0.29, 0.717) is 0 Å². The molecule has 0 N–H and O–H groups in total. The van der Waals surface area contributed by atoms with Crippen molar-refractivity contribution in [2.24, 2.45) is 0 Å². The molecule has 0 spiro atoms. The van der Waals surface area contributed by atoms with Crippen LogP contribution in [0, 0.1) is 7.43 Å². The van der Waals surface area contributed by atoms with Crippen LogP contribution in [0.3, 0.4) is 0 Å². The van der Waals surface area contributed by atoms with Crippen LogP contribution < -0.4 is 18.9 Å². The summed E-state index contributed by atoms with van der Waals surface area (Å²) >= 11 is 0. The normalized spacial score (nSPS) is 6.00. The fourth-order valence-corrected chi connectivity index (χ4v) is 0.253. The number of aromatic nitrogens is 2. The van der Waals surface area contributed by atoms with Gasteiger partial charge in [0.2, 0.25) is 0 Å². The van der Waals surface area contributed by atoms with Gasteiger partial charge in [-0.25, -0.2) is 0 Å². The Bertz CT molecular complexity index is 82.4. The predicted molar refractivity (Wildman–Crippen MR) is 28.4 cm³/mol. The van der Waals surface area contributed by atoms with E-state index < -0.39 is 0 Å².